The van der Waals surface area contributed by atoms with E-state index in [1.165, 1.54) is 5.57 Å². The monoisotopic (exact) mass is 288 g/mol. The number of ether oxygens (including phenoxy) is 2. The lowest BCUT2D eigenvalue weighted by atomic mass is 10.0. The van der Waals surface area contributed by atoms with E-state index >= 15 is 0 Å². The van der Waals surface area contributed by atoms with Gasteiger partial charge in [-0.05, 0) is 24.6 Å². The topological polar surface area (TPSA) is 50.8 Å². The summed E-state index contributed by atoms with van der Waals surface area (Å²) in [5.41, 5.74) is 2.03. The summed E-state index contributed by atoms with van der Waals surface area (Å²) in [4.78, 5) is 14.1. The van der Waals surface area contributed by atoms with Crippen LogP contribution in [0.2, 0.25) is 0 Å². The molecule has 3 rings (SSSR count). The van der Waals surface area contributed by atoms with Gasteiger partial charge < -0.3 is 19.7 Å². The molecule has 1 aromatic rings. The Morgan fingerprint density at radius 3 is 2.71 bits per heavy atom. The number of nitrogens with one attached hydrogen (secondary N) is 1. The van der Waals surface area contributed by atoms with Crippen molar-refractivity contribution >= 4 is 5.91 Å². The lowest BCUT2D eigenvalue weighted by Gasteiger charge is -2.30. The standard InChI is InChI=1S/C16H20N2O3/c1-11(12-7-17-8-12)16(19)18(2)9-13-10-20-14-5-3-4-6-15(14)21-13/h3-6,13,17H,7-10H2,1-2H3. The highest BCUT2D eigenvalue weighted by Crippen LogP contribution is 2.31. The Bertz CT molecular complexity index is 577. The Morgan fingerprint density at radius 1 is 1.33 bits per heavy atom. The number of nitrogens with zero attached hydrogens (tertiary/aromatic N) is 1. The Balaban J connectivity index is 1.61. The molecule has 112 valence electrons. The highest BCUT2D eigenvalue weighted by molar-refractivity contribution is 5.93. The summed E-state index contributed by atoms with van der Waals surface area (Å²) in [6.07, 6.45) is -0.133. The molecule has 1 N–H and O–H groups in total. The van der Waals surface area contributed by atoms with Gasteiger partial charge in [-0.25, -0.2) is 0 Å². The zero-order valence-electron chi connectivity index (χ0n) is 12.4. The van der Waals surface area contributed by atoms with Gasteiger partial charge in [0.15, 0.2) is 17.6 Å². The number of likely N-dealkylation sites (N-methyl/N-ethyl adjacent to an activating group) is 1. The van der Waals surface area contributed by atoms with Gasteiger partial charge in [0.05, 0.1) is 6.54 Å². The van der Waals surface area contributed by atoms with Gasteiger partial charge in [-0.15, -0.1) is 0 Å². The van der Waals surface area contributed by atoms with E-state index in [2.05, 4.69) is 5.32 Å². The second-order valence-corrected chi connectivity index (χ2v) is 5.52. The Morgan fingerprint density at radius 2 is 2.05 bits per heavy atom. The molecule has 1 unspecified atom stereocenters. The molecule has 21 heavy (non-hydrogen) atoms. The van der Waals surface area contributed by atoms with Crippen LogP contribution in [0.1, 0.15) is 6.92 Å². The summed E-state index contributed by atoms with van der Waals surface area (Å²) in [6, 6.07) is 7.60. The smallest absolute Gasteiger partial charge is 0.249 e. The fraction of sp³-hybridized carbons (Fsp3) is 0.438. The minimum atomic E-state index is -0.133. The highest BCUT2D eigenvalue weighted by Gasteiger charge is 2.25. The van der Waals surface area contributed by atoms with Crippen molar-refractivity contribution in [3.05, 3.63) is 35.4 Å². The van der Waals surface area contributed by atoms with E-state index in [1.807, 2.05) is 38.2 Å². The van der Waals surface area contributed by atoms with Crippen molar-refractivity contribution in [3.63, 3.8) is 0 Å². The van der Waals surface area contributed by atoms with Gasteiger partial charge in [0.1, 0.15) is 6.61 Å². The first-order valence-corrected chi connectivity index (χ1v) is 7.18. The van der Waals surface area contributed by atoms with Crippen LogP contribution in [0.5, 0.6) is 11.5 Å². The van der Waals surface area contributed by atoms with E-state index in [9.17, 15) is 4.79 Å². The van der Waals surface area contributed by atoms with Crippen LogP contribution in [-0.2, 0) is 4.79 Å². The second-order valence-electron chi connectivity index (χ2n) is 5.52. The van der Waals surface area contributed by atoms with Crippen molar-refractivity contribution < 1.29 is 14.3 Å². The number of carbonyl (C=O) groups excluding carboxylic acids is 1. The molecule has 1 amide bonds. The fourth-order valence-corrected chi connectivity index (χ4v) is 2.49. The van der Waals surface area contributed by atoms with E-state index in [0.717, 1.165) is 30.2 Å². The molecule has 0 spiro atoms. The average Bonchev–Trinajstić information content (AvgIpc) is 2.44. The van der Waals surface area contributed by atoms with Gasteiger partial charge in [-0.3, -0.25) is 4.79 Å². The second kappa shape index (κ2) is 5.77. The molecule has 1 saturated heterocycles. The third kappa shape index (κ3) is 2.88. The average molecular weight is 288 g/mol. The number of benzene rings is 1. The molecule has 1 atom stereocenters. The molecule has 0 saturated carbocycles. The first-order chi connectivity index (χ1) is 10.1. The van der Waals surface area contributed by atoms with Crippen molar-refractivity contribution in [3.8, 4) is 11.5 Å². The molecule has 2 aliphatic rings. The maximum atomic E-state index is 12.3. The number of hydrogen-bond donors (Lipinski definition) is 1. The van der Waals surface area contributed by atoms with Crippen molar-refractivity contribution in [2.24, 2.45) is 0 Å². The number of fused-ring (bicyclic) bond motifs is 1. The molecule has 2 heterocycles. The summed E-state index contributed by atoms with van der Waals surface area (Å²) in [7, 11) is 1.81. The SMILES string of the molecule is CC(C(=O)N(C)CC1COc2ccccc2O1)=C1CNC1. The van der Waals surface area contributed by atoms with E-state index < -0.39 is 0 Å². The molecule has 0 bridgehead atoms. The third-order valence-corrected chi connectivity index (χ3v) is 3.92. The maximum Gasteiger partial charge on any atom is 0.249 e. The molecule has 1 aromatic carbocycles. The molecule has 0 aliphatic carbocycles. The lowest BCUT2D eigenvalue weighted by Crippen LogP contribution is -2.43. The molecule has 0 aromatic heterocycles. The van der Waals surface area contributed by atoms with E-state index in [-0.39, 0.29) is 12.0 Å². The van der Waals surface area contributed by atoms with Crippen molar-refractivity contribution in [2.75, 3.05) is 33.3 Å². The number of hydrogen-bond acceptors (Lipinski definition) is 4. The van der Waals surface area contributed by atoms with Crippen LogP contribution in [0.15, 0.2) is 35.4 Å². The van der Waals surface area contributed by atoms with Crippen LogP contribution in [0.25, 0.3) is 0 Å². The van der Waals surface area contributed by atoms with E-state index in [1.54, 1.807) is 4.90 Å². The van der Waals surface area contributed by atoms with Gasteiger partial charge >= 0.3 is 0 Å². The summed E-state index contributed by atoms with van der Waals surface area (Å²) >= 11 is 0. The Labute approximate surface area is 124 Å². The number of rotatable bonds is 3. The predicted octanol–water partition coefficient (Wildman–Crippen LogP) is 1.20. The molecule has 5 nitrogen and oxygen atoms in total. The highest BCUT2D eigenvalue weighted by atomic mass is 16.6. The van der Waals surface area contributed by atoms with Gasteiger partial charge in [-0.2, -0.15) is 0 Å². The normalized spacial score (nSPS) is 19.7. The number of carbonyl (C=O) groups is 1. The number of amides is 1. The van der Waals surface area contributed by atoms with Gasteiger partial charge in [-0.1, -0.05) is 12.1 Å². The predicted molar refractivity (Wildman–Crippen MR) is 79.6 cm³/mol. The molecule has 5 heteroatoms. The summed E-state index contributed by atoms with van der Waals surface area (Å²) in [5, 5.41) is 3.15. The first-order valence-electron chi connectivity index (χ1n) is 7.18. The summed E-state index contributed by atoms with van der Waals surface area (Å²) in [5.74, 6) is 1.57. The maximum absolute atomic E-state index is 12.3. The fourth-order valence-electron chi connectivity index (χ4n) is 2.49. The number of para-hydroxylation sites is 2. The molecule has 2 aliphatic heterocycles. The Hall–Kier alpha value is -2.01. The van der Waals surface area contributed by atoms with Gasteiger partial charge in [0, 0.05) is 25.7 Å². The zero-order chi connectivity index (χ0) is 14.8. The van der Waals surface area contributed by atoms with Crippen LogP contribution in [-0.4, -0.2) is 50.2 Å². The molecule has 0 radical (unpaired) electrons. The van der Waals surface area contributed by atoms with Crippen LogP contribution in [0.3, 0.4) is 0 Å². The quantitative estimate of drug-likeness (QED) is 0.849. The van der Waals surface area contributed by atoms with Crippen LogP contribution < -0.4 is 14.8 Å². The first kappa shape index (κ1) is 13.9. The van der Waals surface area contributed by atoms with Crippen LogP contribution in [0.4, 0.5) is 0 Å². The van der Waals surface area contributed by atoms with Crippen molar-refractivity contribution in [2.45, 2.75) is 13.0 Å². The van der Waals surface area contributed by atoms with Crippen LogP contribution in [0, 0.1) is 0 Å². The summed E-state index contributed by atoms with van der Waals surface area (Å²) < 4.78 is 11.6. The largest absolute Gasteiger partial charge is 0.486 e. The van der Waals surface area contributed by atoms with Gasteiger partial charge in [0.25, 0.3) is 0 Å². The van der Waals surface area contributed by atoms with Crippen LogP contribution >= 0.6 is 0 Å². The van der Waals surface area contributed by atoms with E-state index in [0.29, 0.717) is 13.2 Å². The molecular weight excluding hydrogens is 268 g/mol. The summed E-state index contributed by atoms with van der Waals surface area (Å²) in [6.45, 7) is 4.52. The van der Waals surface area contributed by atoms with Gasteiger partial charge in [0.2, 0.25) is 5.91 Å². The molecular formula is C16H20N2O3. The van der Waals surface area contributed by atoms with Crippen molar-refractivity contribution in [1.29, 1.82) is 0 Å². The minimum Gasteiger partial charge on any atom is -0.486 e. The zero-order valence-corrected chi connectivity index (χ0v) is 12.4. The van der Waals surface area contributed by atoms with Crippen molar-refractivity contribution in [1.82, 2.24) is 10.2 Å². The molecule has 1 fully saturated rings. The Kier molecular flexibility index (Phi) is 3.84. The minimum absolute atomic E-state index is 0.0639. The third-order valence-electron chi connectivity index (χ3n) is 3.92. The van der Waals surface area contributed by atoms with E-state index in [4.69, 9.17) is 9.47 Å². The lowest BCUT2D eigenvalue weighted by molar-refractivity contribution is -0.127.